The molecule has 7 nitrogen and oxygen atoms in total. The van der Waals surface area contributed by atoms with Gasteiger partial charge in [0.1, 0.15) is 12.7 Å². The van der Waals surface area contributed by atoms with E-state index in [9.17, 15) is 14.7 Å². The van der Waals surface area contributed by atoms with Gasteiger partial charge in [0.2, 0.25) is 5.91 Å². The zero-order valence-corrected chi connectivity index (χ0v) is 24.5. The van der Waals surface area contributed by atoms with Crippen molar-refractivity contribution in [3.8, 4) is 11.5 Å². The number of likely N-dealkylation sites (N-methyl/N-ethyl adjacent to an activating group) is 1. The fourth-order valence-corrected chi connectivity index (χ4v) is 8.43. The summed E-state index contributed by atoms with van der Waals surface area (Å²) in [5.41, 5.74) is 4.47. The van der Waals surface area contributed by atoms with Crippen molar-refractivity contribution in [1.29, 1.82) is 0 Å². The maximum Gasteiger partial charge on any atom is 0.337 e. The highest BCUT2D eigenvalue weighted by atomic mass is 16.6. The predicted octanol–water partition coefficient (Wildman–Crippen LogP) is 4.41. The lowest BCUT2D eigenvalue weighted by Crippen LogP contribution is -2.69. The second-order valence-corrected chi connectivity index (χ2v) is 12.4. The summed E-state index contributed by atoms with van der Waals surface area (Å²) < 4.78 is 12.5. The maximum absolute atomic E-state index is 13.5. The molecule has 7 heteroatoms. The normalized spacial score (nSPS) is 26.9. The lowest BCUT2D eigenvalue weighted by atomic mass is 9.51. The highest BCUT2D eigenvalue weighted by molar-refractivity contribution is 5.92. The molecule has 3 aromatic carbocycles. The van der Waals surface area contributed by atoms with Crippen LogP contribution in [0.3, 0.4) is 0 Å². The van der Waals surface area contributed by atoms with E-state index in [4.69, 9.17) is 9.47 Å². The molecule has 1 spiro atoms. The van der Waals surface area contributed by atoms with Crippen LogP contribution >= 0.6 is 0 Å². The summed E-state index contributed by atoms with van der Waals surface area (Å²) in [4.78, 5) is 30.2. The van der Waals surface area contributed by atoms with E-state index in [-0.39, 0.29) is 23.5 Å². The number of aliphatic hydroxyl groups is 1. The molecule has 5 atom stereocenters. The van der Waals surface area contributed by atoms with Crippen LogP contribution in [0.25, 0.3) is 6.08 Å². The van der Waals surface area contributed by atoms with Crippen molar-refractivity contribution in [2.75, 3.05) is 26.7 Å². The number of piperidine rings is 1. The van der Waals surface area contributed by atoms with Crippen LogP contribution in [0, 0.1) is 5.92 Å². The van der Waals surface area contributed by atoms with Gasteiger partial charge in [-0.3, -0.25) is 9.69 Å². The van der Waals surface area contributed by atoms with Crippen LogP contribution in [-0.2, 0) is 27.8 Å². The molecule has 1 amide bonds. The summed E-state index contributed by atoms with van der Waals surface area (Å²) in [6, 6.07) is 24.7. The third kappa shape index (κ3) is 4.75. The number of hydrogen-bond donors (Lipinski definition) is 1. The van der Waals surface area contributed by atoms with Crippen LogP contribution in [-0.4, -0.2) is 71.7 Å². The molecular weight excluding hydrogens is 540 g/mol. The van der Waals surface area contributed by atoms with Crippen molar-refractivity contribution in [3.63, 3.8) is 0 Å². The highest BCUT2D eigenvalue weighted by Crippen LogP contribution is 2.64. The van der Waals surface area contributed by atoms with E-state index in [1.54, 1.807) is 6.08 Å². The minimum Gasteiger partial charge on any atom is -0.483 e. The fraction of sp³-hybridized carbons (Fsp3) is 0.389. The summed E-state index contributed by atoms with van der Waals surface area (Å²) in [6.07, 6.45) is 7.96. The van der Waals surface area contributed by atoms with Gasteiger partial charge in [0.15, 0.2) is 11.5 Å². The lowest BCUT2D eigenvalue weighted by Gasteiger charge is -2.60. The van der Waals surface area contributed by atoms with Crippen LogP contribution in [0.15, 0.2) is 78.9 Å². The first-order chi connectivity index (χ1) is 21.0. The Kier molecular flexibility index (Phi) is 7.31. The Labute approximate surface area is 252 Å². The lowest BCUT2D eigenvalue weighted by molar-refractivity contribution is -0.137. The molecule has 0 radical (unpaired) electrons. The molecule has 222 valence electrons. The van der Waals surface area contributed by atoms with E-state index >= 15 is 0 Å². The van der Waals surface area contributed by atoms with Crippen LogP contribution < -0.4 is 9.47 Å². The molecule has 0 aromatic heterocycles. The molecule has 2 bridgehead atoms. The molecule has 2 fully saturated rings. The topological polar surface area (TPSA) is 79.3 Å². The molecule has 2 unspecified atom stereocenters. The second-order valence-electron chi connectivity index (χ2n) is 12.4. The smallest absolute Gasteiger partial charge is 0.337 e. The third-order valence-electron chi connectivity index (χ3n) is 10.3. The number of rotatable bonds is 8. The number of aliphatic hydroxyl groups excluding tert-OH is 1. The van der Waals surface area contributed by atoms with E-state index in [0.29, 0.717) is 23.5 Å². The van der Waals surface area contributed by atoms with Gasteiger partial charge in [-0.1, -0.05) is 66.7 Å². The standard InChI is InChI=1S/C36H38N2O5/c1-37(31(40)17-12-24-8-4-2-5-9-24)28-15-14-27-29-22-26-13-16-30(42-32(41)23-39)34-33(26)36(27,35(28)43-34)19-21-38(29)20-18-25-10-6-3-7-11-25/h2-13,16-17,27-29,35,39H,14-15,18-23H2,1H3/b17-12+/t27-,28?,29+,35?,36-/m0/s1. The van der Waals surface area contributed by atoms with Crippen molar-refractivity contribution in [2.45, 2.75) is 55.7 Å². The number of ether oxygens (including phenoxy) is 2. The Hall–Kier alpha value is -3.94. The van der Waals surface area contributed by atoms with Crippen molar-refractivity contribution in [2.24, 2.45) is 5.92 Å². The van der Waals surface area contributed by atoms with Crippen molar-refractivity contribution >= 4 is 18.0 Å². The molecule has 3 aromatic rings. The highest BCUT2D eigenvalue weighted by Gasteiger charge is 2.66. The molecule has 2 aliphatic heterocycles. The molecule has 7 rings (SSSR count). The molecule has 2 heterocycles. The van der Waals surface area contributed by atoms with Crippen molar-refractivity contribution in [3.05, 3.63) is 101 Å². The maximum atomic E-state index is 13.5. The van der Waals surface area contributed by atoms with Crippen LogP contribution in [0.2, 0.25) is 0 Å². The Morgan fingerprint density at radius 3 is 2.60 bits per heavy atom. The average Bonchev–Trinajstić information content (AvgIpc) is 3.39. The van der Waals surface area contributed by atoms with E-state index < -0.39 is 12.6 Å². The van der Waals surface area contributed by atoms with Gasteiger partial charge in [0.25, 0.3) is 0 Å². The summed E-state index contributed by atoms with van der Waals surface area (Å²) in [5, 5.41) is 9.40. The van der Waals surface area contributed by atoms with Gasteiger partial charge in [0, 0.05) is 36.7 Å². The second kappa shape index (κ2) is 11.3. The largest absolute Gasteiger partial charge is 0.483 e. The average molecular weight is 579 g/mol. The molecule has 1 N–H and O–H groups in total. The fourth-order valence-electron chi connectivity index (χ4n) is 8.43. The number of hydrogen-bond acceptors (Lipinski definition) is 6. The monoisotopic (exact) mass is 578 g/mol. The molecule has 43 heavy (non-hydrogen) atoms. The Morgan fingerprint density at radius 1 is 1.07 bits per heavy atom. The van der Waals surface area contributed by atoms with Gasteiger partial charge in [-0.2, -0.15) is 0 Å². The number of carbonyl (C=O) groups is 2. The minimum atomic E-state index is -0.706. The summed E-state index contributed by atoms with van der Waals surface area (Å²) in [6.45, 7) is 1.26. The van der Waals surface area contributed by atoms with Crippen LogP contribution in [0.1, 0.15) is 41.5 Å². The summed E-state index contributed by atoms with van der Waals surface area (Å²) in [7, 11) is 1.88. The van der Waals surface area contributed by atoms with E-state index in [2.05, 4.69) is 41.3 Å². The first-order valence-electron chi connectivity index (χ1n) is 15.4. The Balaban J connectivity index is 1.22. The molecule has 4 aliphatic rings. The number of benzene rings is 3. The van der Waals surface area contributed by atoms with Gasteiger partial charge in [-0.25, -0.2) is 4.79 Å². The van der Waals surface area contributed by atoms with Gasteiger partial charge in [-0.15, -0.1) is 0 Å². The Bertz CT molecular complexity index is 1540. The SMILES string of the molecule is CN(C(=O)/C=C/c1ccccc1)C1CC[C@H]2[C@H]3Cc4ccc(OC(=O)CO)c5c4[C@@]2(CCN3CCc2ccccc2)C1O5. The summed E-state index contributed by atoms with van der Waals surface area (Å²) >= 11 is 0. The molecule has 2 aliphatic carbocycles. The van der Waals surface area contributed by atoms with Gasteiger partial charge < -0.3 is 19.5 Å². The molecule has 1 saturated carbocycles. The van der Waals surface area contributed by atoms with Gasteiger partial charge in [-0.05, 0) is 73.4 Å². The minimum absolute atomic E-state index is 0.0527. The number of likely N-dealkylation sites (tertiary alicyclic amines) is 1. The zero-order valence-electron chi connectivity index (χ0n) is 24.5. The molecular formula is C36H38N2O5. The quantitative estimate of drug-likeness (QED) is 0.243. The Morgan fingerprint density at radius 2 is 1.84 bits per heavy atom. The van der Waals surface area contributed by atoms with E-state index in [1.165, 1.54) is 11.1 Å². The van der Waals surface area contributed by atoms with E-state index in [0.717, 1.165) is 56.3 Å². The first-order valence-corrected chi connectivity index (χ1v) is 15.4. The number of carbonyl (C=O) groups excluding carboxylic acids is 2. The zero-order chi connectivity index (χ0) is 29.6. The van der Waals surface area contributed by atoms with Crippen LogP contribution in [0.4, 0.5) is 0 Å². The number of esters is 1. The van der Waals surface area contributed by atoms with Gasteiger partial charge in [0.05, 0.1) is 6.04 Å². The van der Waals surface area contributed by atoms with Crippen molar-refractivity contribution in [1.82, 2.24) is 9.80 Å². The predicted molar refractivity (Wildman–Crippen MR) is 164 cm³/mol. The van der Waals surface area contributed by atoms with Gasteiger partial charge >= 0.3 is 5.97 Å². The van der Waals surface area contributed by atoms with Crippen LogP contribution in [0.5, 0.6) is 11.5 Å². The number of amides is 1. The summed E-state index contributed by atoms with van der Waals surface area (Å²) in [5.74, 6) is 0.602. The first kappa shape index (κ1) is 27.9. The number of nitrogens with zero attached hydrogens (tertiary/aromatic N) is 2. The van der Waals surface area contributed by atoms with E-state index in [1.807, 2.05) is 54.4 Å². The van der Waals surface area contributed by atoms with Crippen molar-refractivity contribution < 1.29 is 24.2 Å². The third-order valence-corrected chi connectivity index (χ3v) is 10.3. The molecule has 1 saturated heterocycles.